The van der Waals surface area contributed by atoms with Crippen molar-refractivity contribution < 1.29 is 74.5 Å². The SMILES string of the molecule is Nc1nc(=O)n([C@@H]2O[C@H](COP(=O)(O)OP(=O)(O)OP(=O)(O)O)[C@H](O)C2O)cc1C(F)(F)F. The Balaban J connectivity index is 2.17. The third-order valence-corrected chi connectivity index (χ3v) is 7.52. The van der Waals surface area contributed by atoms with E-state index in [1.54, 1.807) is 0 Å². The Bertz CT molecular complexity index is 1090. The molecule has 190 valence electrons. The van der Waals surface area contributed by atoms with E-state index in [9.17, 15) is 46.8 Å². The third-order valence-electron chi connectivity index (χ3n) is 3.72. The zero-order chi connectivity index (χ0) is 25.6. The van der Waals surface area contributed by atoms with Gasteiger partial charge in [0, 0.05) is 6.20 Å². The van der Waals surface area contributed by atoms with Gasteiger partial charge in [0.05, 0.1) is 6.61 Å². The molecule has 2 rings (SSSR count). The number of phosphoric acid groups is 3. The van der Waals surface area contributed by atoms with E-state index in [0.29, 0.717) is 0 Å². The normalized spacial score (nSPS) is 27.8. The summed E-state index contributed by atoms with van der Waals surface area (Å²) in [5.41, 5.74) is 2.05. The number of aliphatic hydroxyl groups excluding tert-OH is 2. The molecule has 0 bridgehead atoms. The first-order valence-corrected chi connectivity index (χ1v) is 12.5. The highest BCUT2D eigenvalue weighted by Crippen LogP contribution is 2.66. The number of anilines is 1. The monoisotopic (exact) mass is 551 g/mol. The molecule has 1 aliphatic heterocycles. The molecule has 0 spiro atoms. The van der Waals surface area contributed by atoms with Gasteiger partial charge in [-0.1, -0.05) is 0 Å². The number of rotatable bonds is 8. The van der Waals surface area contributed by atoms with Gasteiger partial charge in [-0.2, -0.15) is 26.8 Å². The average molecular weight is 551 g/mol. The second-order valence-corrected chi connectivity index (χ2v) is 10.6. The third kappa shape index (κ3) is 7.37. The Kier molecular flexibility index (Phi) is 8.00. The van der Waals surface area contributed by atoms with E-state index in [-0.39, 0.29) is 10.8 Å². The molecule has 0 aromatic carbocycles. The molecule has 1 aliphatic rings. The number of aromatic nitrogens is 2. The van der Waals surface area contributed by atoms with Gasteiger partial charge in [-0.25, -0.2) is 18.5 Å². The van der Waals surface area contributed by atoms with Crippen LogP contribution in [0.1, 0.15) is 11.8 Å². The number of hydrogen-bond donors (Lipinski definition) is 7. The molecule has 33 heavy (non-hydrogen) atoms. The number of hydrogen-bond acceptors (Lipinski definition) is 12. The lowest BCUT2D eigenvalue weighted by Crippen LogP contribution is -2.37. The first-order valence-electron chi connectivity index (χ1n) is 7.98. The maximum absolute atomic E-state index is 13.0. The Morgan fingerprint density at radius 3 is 2.18 bits per heavy atom. The fraction of sp³-hybridized carbons (Fsp3) is 0.600. The fourth-order valence-electron chi connectivity index (χ4n) is 2.45. The molecule has 1 fully saturated rings. The molecular formula is C10H15F3N3O14P3. The van der Waals surface area contributed by atoms with Gasteiger partial charge in [0.25, 0.3) is 0 Å². The summed E-state index contributed by atoms with van der Waals surface area (Å²) in [5.74, 6) is -1.18. The molecule has 17 nitrogen and oxygen atoms in total. The summed E-state index contributed by atoms with van der Waals surface area (Å²) in [4.78, 5) is 50.2. The molecule has 0 aliphatic carbocycles. The summed E-state index contributed by atoms with van der Waals surface area (Å²) in [6.07, 6.45) is -12.9. The first-order chi connectivity index (χ1) is 14.7. The van der Waals surface area contributed by atoms with E-state index >= 15 is 0 Å². The maximum atomic E-state index is 13.0. The van der Waals surface area contributed by atoms with Crippen LogP contribution in [0.5, 0.6) is 0 Å². The average Bonchev–Trinajstić information content (AvgIpc) is 2.84. The molecule has 0 saturated carbocycles. The second-order valence-electron chi connectivity index (χ2n) is 6.16. The van der Waals surface area contributed by atoms with Gasteiger partial charge >= 0.3 is 35.3 Å². The predicted octanol–water partition coefficient (Wildman–Crippen LogP) is -1.19. The second kappa shape index (κ2) is 9.43. The summed E-state index contributed by atoms with van der Waals surface area (Å²) in [5, 5.41) is 20.0. The van der Waals surface area contributed by atoms with Gasteiger partial charge in [0.2, 0.25) is 0 Å². The smallest absolute Gasteiger partial charge is 0.387 e. The van der Waals surface area contributed by atoms with E-state index in [1.165, 1.54) is 0 Å². The number of nitrogens with two attached hydrogens (primary N) is 1. The van der Waals surface area contributed by atoms with Gasteiger partial charge in [-0.05, 0) is 0 Å². The van der Waals surface area contributed by atoms with Crippen molar-refractivity contribution in [1.29, 1.82) is 0 Å². The summed E-state index contributed by atoms with van der Waals surface area (Å²) in [7, 11) is -17.1. The molecule has 0 amide bonds. The largest absolute Gasteiger partial charge is 0.490 e. The van der Waals surface area contributed by atoms with Crippen LogP contribution >= 0.6 is 23.5 Å². The van der Waals surface area contributed by atoms with Gasteiger partial charge in [-0.15, -0.1) is 0 Å². The molecule has 1 aromatic rings. The molecule has 1 saturated heterocycles. The minimum absolute atomic E-state index is 0.137. The number of ether oxygens (including phenoxy) is 1. The molecule has 23 heteroatoms. The van der Waals surface area contributed by atoms with Crippen LogP contribution in [0.3, 0.4) is 0 Å². The Morgan fingerprint density at radius 1 is 1.09 bits per heavy atom. The predicted molar refractivity (Wildman–Crippen MR) is 93.7 cm³/mol. The summed E-state index contributed by atoms with van der Waals surface area (Å²) in [6.45, 7) is -1.25. The standard InChI is InChI=1S/C10H15F3N3O14P3/c11-10(12,13)3-1-16(9(19)15-7(3)14)8-6(18)5(17)4(28-8)2-27-32(23,24)30-33(25,26)29-31(20,21)22/h1,4-6,8,17-18H,2H2,(H,23,24)(H,25,26)(H2,14,15,19)(H2,20,21,22)/t4-,5+,6?,8-/m1/s1. The van der Waals surface area contributed by atoms with Gasteiger partial charge in [0.15, 0.2) is 6.23 Å². The number of aliphatic hydroxyl groups is 2. The van der Waals surface area contributed by atoms with Crippen molar-refractivity contribution in [2.24, 2.45) is 0 Å². The molecule has 6 atom stereocenters. The van der Waals surface area contributed by atoms with Crippen LogP contribution in [0.25, 0.3) is 0 Å². The quantitative estimate of drug-likeness (QED) is 0.187. The van der Waals surface area contributed by atoms with Crippen LogP contribution in [0.4, 0.5) is 19.0 Å². The molecule has 1 aromatic heterocycles. The van der Waals surface area contributed by atoms with E-state index in [4.69, 9.17) is 25.2 Å². The lowest BCUT2D eigenvalue weighted by atomic mass is 10.1. The van der Waals surface area contributed by atoms with Gasteiger partial charge in [-0.3, -0.25) is 9.09 Å². The van der Waals surface area contributed by atoms with Crippen molar-refractivity contribution in [3.05, 3.63) is 22.2 Å². The van der Waals surface area contributed by atoms with Crippen molar-refractivity contribution in [3.8, 4) is 0 Å². The van der Waals surface area contributed by atoms with Crippen molar-refractivity contribution in [2.45, 2.75) is 30.7 Å². The van der Waals surface area contributed by atoms with Crippen LogP contribution in [-0.2, 0) is 37.8 Å². The topological polar surface area (TPSA) is 270 Å². The van der Waals surface area contributed by atoms with Gasteiger partial charge in [0.1, 0.15) is 29.7 Å². The number of alkyl halides is 3. The zero-order valence-electron chi connectivity index (χ0n) is 15.5. The molecule has 3 unspecified atom stereocenters. The van der Waals surface area contributed by atoms with Crippen molar-refractivity contribution in [3.63, 3.8) is 0 Å². The summed E-state index contributed by atoms with van der Waals surface area (Å²) < 4.78 is 88.8. The van der Waals surface area contributed by atoms with Crippen molar-refractivity contribution in [2.75, 3.05) is 12.3 Å². The minimum atomic E-state index is -5.84. The zero-order valence-corrected chi connectivity index (χ0v) is 18.2. The minimum Gasteiger partial charge on any atom is -0.387 e. The molecular weight excluding hydrogens is 536 g/mol. The van der Waals surface area contributed by atoms with E-state index in [2.05, 4.69) is 18.1 Å². The van der Waals surface area contributed by atoms with Crippen molar-refractivity contribution in [1.82, 2.24) is 9.55 Å². The highest BCUT2D eigenvalue weighted by atomic mass is 31.3. The van der Waals surface area contributed by atoms with Crippen LogP contribution in [0.2, 0.25) is 0 Å². The molecule has 0 radical (unpaired) electrons. The number of nitrogens with zero attached hydrogens (tertiary/aromatic N) is 2. The first kappa shape index (κ1) is 28.0. The number of halogens is 3. The van der Waals surface area contributed by atoms with Crippen molar-refractivity contribution >= 4 is 29.3 Å². The lowest BCUT2D eigenvalue weighted by molar-refractivity contribution is -0.138. The maximum Gasteiger partial charge on any atom is 0.490 e. The summed E-state index contributed by atoms with van der Waals surface area (Å²) >= 11 is 0. The van der Waals surface area contributed by atoms with Crippen LogP contribution in [0.15, 0.2) is 11.0 Å². The van der Waals surface area contributed by atoms with E-state index < -0.39 is 77.9 Å². The van der Waals surface area contributed by atoms with Crippen LogP contribution in [-0.4, -0.2) is 64.3 Å². The van der Waals surface area contributed by atoms with E-state index in [1.807, 2.05) is 0 Å². The molecule has 2 heterocycles. The van der Waals surface area contributed by atoms with Crippen LogP contribution < -0.4 is 11.4 Å². The Labute approximate surface area is 179 Å². The highest BCUT2D eigenvalue weighted by molar-refractivity contribution is 7.66. The fourth-order valence-corrected chi connectivity index (χ4v) is 5.48. The summed E-state index contributed by atoms with van der Waals surface area (Å²) in [6, 6.07) is 0. The number of nitrogen functional groups attached to an aromatic ring is 1. The van der Waals surface area contributed by atoms with Crippen LogP contribution in [0, 0.1) is 0 Å². The van der Waals surface area contributed by atoms with E-state index in [0.717, 1.165) is 0 Å². The lowest BCUT2D eigenvalue weighted by Gasteiger charge is -2.20. The Hall–Kier alpha value is -1.24. The molecule has 8 N–H and O–H groups in total. The van der Waals surface area contributed by atoms with Gasteiger partial charge < -0.3 is 40.3 Å². The number of phosphoric ester groups is 1. The Morgan fingerprint density at radius 2 is 1.67 bits per heavy atom. The highest BCUT2D eigenvalue weighted by Gasteiger charge is 2.47.